The fraction of sp³-hybridized carbons (Fsp3) is 0.812. The highest BCUT2D eigenvalue weighted by Crippen LogP contribution is 2.23. The number of nitrogens with two attached hydrogens (primary N) is 1. The third kappa shape index (κ3) is 5.35. The maximum absolute atomic E-state index is 13.7. The number of ether oxygens (including phenoxy) is 1. The molecule has 1 heterocycles. The number of carbonyl (C=O) groups excluding carboxylic acids is 3. The van der Waals surface area contributed by atoms with Gasteiger partial charge < -0.3 is 20.7 Å². The van der Waals surface area contributed by atoms with Crippen molar-refractivity contribution >= 4 is 17.9 Å². The second-order valence-corrected chi connectivity index (χ2v) is 7.25. The van der Waals surface area contributed by atoms with Crippen molar-refractivity contribution in [1.82, 2.24) is 10.2 Å². The van der Waals surface area contributed by atoms with Gasteiger partial charge in [-0.1, -0.05) is 20.3 Å². The number of likely N-dealkylation sites (tertiary alicyclic amines) is 1. The van der Waals surface area contributed by atoms with E-state index in [4.69, 9.17) is 10.5 Å². The van der Waals surface area contributed by atoms with Crippen LogP contribution in [0.3, 0.4) is 0 Å². The van der Waals surface area contributed by atoms with Gasteiger partial charge in [-0.2, -0.15) is 0 Å². The molecule has 138 valence electrons. The largest absolute Gasteiger partial charge is 0.444 e. The number of halogens is 1. The molecule has 1 fully saturated rings. The third-order valence-corrected chi connectivity index (χ3v) is 4.01. The van der Waals surface area contributed by atoms with E-state index in [9.17, 15) is 18.8 Å². The zero-order chi connectivity index (χ0) is 18.7. The molecule has 0 aromatic carbocycles. The van der Waals surface area contributed by atoms with E-state index in [2.05, 4.69) is 5.32 Å². The number of nitrogens with zero attached hydrogens (tertiary/aromatic N) is 1. The molecular weight excluding hydrogens is 317 g/mol. The summed E-state index contributed by atoms with van der Waals surface area (Å²) in [5.41, 5.74) is 4.56. The average molecular weight is 345 g/mol. The Balaban J connectivity index is 2.93. The molecule has 1 aliphatic heterocycles. The van der Waals surface area contributed by atoms with Gasteiger partial charge in [-0.15, -0.1) is 0 Å². The first kappa shape index (κ1) is 20.2. The number of amides is 3. The molecule has 7 nitrogen and oxygen atoms in total. The van der Waals surface area contributed by atoms with E-state index in [0.29, 0.717) is 6.42 Å². The number of hydrogen-bond acceptors (Lipinski definition) is 4. The minimum absolute atomic E-state index is 0.110. The number of primary amides is 1. The Morgan fingerprint density at radius 2 is 1.96 bits per heavy atom. The summed E-state index contributed by atoms with van der Waals surface area (Å²) in [5.74, 6) is -1.47. The standard InChI is InChI=1S/C16H28FN3O4/c1-6-9(2)12(19-15(23)24-16(3,4)5)14(22)20-8-10(17)7-11(20)13(18)21/h9-12H,6-8H2,1-5H3,(H2,18,21)(H,19,23)/t9-,10-,11-,12-/m0/s1. The van der Waals surface area contributed by atoms with Crippen LogP contribution in [0.2, 0.25) is 0 Å². The minimum Gasteiger partial charge on any atom is -0.444 e. The van der Waals surface area contributed by atoms with Crippen molar-refractivity contribution in [3.05, 3.63) is 0 Å². The summed E-state index contributed by atoms with van der Waals surface area (Å²) < 4.78 is 18.8. The lowest BCUT2D eigenvalue weighted by Crippen LogP contribution is -2.55. The molecule has 24 heavy (non-hydrogen) atoms. The Morgan fingerprint density at radius 3 is 2.42 bits per heavy atom. The van der Waals surface area contributed by atoms with Crippen molar-refractivity contribution in [2.24, 2.45) is 11.7 Å². The van der Waals surface area contributed by atoms with Crippen LogP contribution >= 0.6 is 0 Å². The zero-order valence-corrected chi connectivity index (χ0v) is 15.0. The first-order valence-corrected chi connectivity index (χ1v) is 8.19. The van der Waals surface area contributed by atoms with Crippen LogP contribution in [0.15, 0.2) is 0 Å². The maximum Gasteiger partial charge on any atom is 0.408 e. The van der Waals surface area contributed by atoms with Gasteiger partial charge in [-0.05, 0) is 26.7 Å². The summed E-state index contributed by atoms with van der Waals surface area (Å²) in [4.78, 5) is 37.4. The first-order valence-electron chi connectivity index (χ1n) is 8.19. The molecular formula is C16H28FN3O4. The molecule has 0 aromatic heterocycles. The Kier molecular flexibility index (Phi) is 6.57. The van der Waals surface area contributed by atoms with Gasteiger partial charge in [0.2, 0.25) is 11.8 Å². The number of hydrogen-bond donors (Lipinski definition) is 2. The Morgan fingerprint density at radius 1 is 1.38 bits per heavy atom. The fourth-order valence-electron chi connectivity index (χ4n) is 2.59. The van der Waals surface area contributed by atoms with Gasteiger partial charge in [0.25, 0.3) is 0 Å². The highest BCUT2D eigenvalue weighted by atomic mass is 19.1. The van der Waals surface area contributed by atoms with Crippen LogP contribution in [0.1, 0.15) is 47.5 Å². The predicted octanol–water partition coefficient (Wildman–Crippen LogP) is 1.35. The van der Waals surface area contributed by atoms with Crippen LogP contribution in [0.4, 0.5) is 9.18 Å². The number of nitrogens with one attached hydrogen (secondary N) is 1. The third-order valence-electron chi connectivity index (χ3n) is 4.01. The molecule has 0 spiro atoms. The molecule has 0 aromatic rings. The van der Waals surface area contributed by atoms with E-state index in [1.807, 2.05) is 6.92 Å². The number of carbonyl (C=O) groups is 3. The lowest BCUT2D eigenvalue weighted by Gasteiger charge is -2.31. The fourth-order valence-corrected chi connectivity index (χ4v) is 2.59. The quantitative estimate of drug-likeness (QED) is 0.785. The van der Waals surface area contributed by atoms with Crippen molar-refractivity contribution < 1.29 is 23.5 Å². The maximum atomic E-state index is 13.7. The molecule has 4 atom stereocenters. The summed E-state index contributed by atoms with van der Waals surface area (Å²) in [5, 5.41) is 2.55. The predicted molar refractivity (Wildman–Crippen MR) is 86.8 cm³/mol. The smallest absolute Gasteiger partial charge is 0.408 e. The Labute approximate surface area is 142 Å². The van der Waals surface area contributed by atoms with Gasteiger partial charge in [0.05, 0.1) is 6.54 Å². The van der Waals surface area contributed by atoms with Gasteiger partial charge in [0.1, 0.15) is 23.9 Å². The van der Waals surface area contributed by atoms with Gasteiger partial charge in [0, 0.05) is 6.42 Å². The van der Waals surface area contributed by atoms with Crippen molar-refractivity contribution in [2.75, 3.05) is 6.54 Å². The molecule has 1 aliphatic rings. The van der Waals surface area contributed by atoms with E-state index in [-0.39, 0.29) is 18.9 Å². The average Bonchev–Trinajstić information content (AvgIpc) is 2.83. The summed E-state index contributed by atoms with van der Waals surface area (Å²) in [6, 6.07) is -1.89. The first-order chi connectivity index (χ1) is 11.0. The molecule has 0 aliphatic carbocycles. The van der Waals surface area contributed by atoms with Crippen LogP contribution < -0.4 is 11.1 Å². The van der Waals surface area contributed by atoms with Gasteiger partial charge in [-0.3, -0.25) is 9.59 Å². The molecule has 1 saturated heterocycles. The number of alkyl halides is 1. The van der Waals surface area contributed by atoms with Crippen molar-refractivity contribution in [3.8, 4) is 0 Å². The normalized spacial score (nSPS) is 23.5. The highest BCUT2D eigenvalue weighted by Gasteiger charge is 2.42. The molecule has 0 radical (unpaired) electrons. The van der Waals surface area contributed by atoms with E-state index in [0.717, 1.165) is 4.90 Å². The van der Waals surface area contributed by atoms with E-state index >= 15 is 0 Å². The van der Waals surface area contributed by atoms with Crippen LogP contribution in [-0.2, 0) is 14.3 Å². The van der Waals surface area contributed by atoms with E-state index in [1.54, 1.807) is 27.7 Å². The van der Waals surface area contributed by atoms with Crippen molar-refractivity contribution in [3.63, 3.8) is 0 Å². The summed E-state index contributed by atoms with van der Waals surface area (Å²) in [6.45, 7) is 8.60. The second kappa shape index (κ2) is 7.81. The van der Waals surface area contributed by atoms with Crippen LogP contribution in [0.25, 0.3) is 0 Å². The van der Waals surface area contributed by atoms with Gasteiger partial charge in [0.15, 0.2) is 0 Å². The minimum atomic E-state index is -1.30. The zero-order valence-electron chi connectivity index (χ0n) is 15.0. The van der Waals surface area contributed by atoms with Crippen molar-refractivity contribution in [2.45, 2.75) is 71.3 Å². The van der Waals surface area contributed by atoms with E-state index in [1.165, 1.54) is 0 Å². The van der Waals surface area contributed by atoms with Gasteiger partial charge in [-0.25, -0.2) is 9.18 Å². The molecule has 0 bridgehead atoms. The molecule has 0 unspecified atom stereocenters. The summed E-state index contributed by atoms with van der Waals surface area (Å²) >= 11 is 0. The Hall–Kier alpha value is -1.86. The topological polar surface area (TPSA) is 102 Å². The molecule has 0 saturated carbocycles. The highest BCUT2D eigenvalue weighted by molar-refractivity contribution is 5.91. The molecule has 3 amide bonds. The lowest BCUT2D eigenvalue weighted by atomic mass is 9.97. The Bertz CT molecular complexity index is 492. The molecule has 1 rings (SSSR count). The van der Waals surface area contributed by atoms with Crippen LogP contribution in [-0.4, -0.2) is 53.2 Å². The monoisotopic (exact) mass is 345 g/mol. The SMILES string of the molecule is CC[C@H](C)[C@H](NC(=O)OC(C)(C)C)C(=O)N1C[C@@H](F)C[C@H]1C(N)=O. The van der Waals surface area contributed by atoms with Crippen LogP contribution in [0, 0.1) is 5.92 Å². The van der Waals surface area contributed by atoms with Gasteiger partial charge >= 0.3 is 6.09 Å². The second-order valence-electron chi connectivity index (χ2n) is 7.25. The number of rotatable bonds is 5. The summed E-state index contributed by atoms with van der Waals surface area (Å²) in [7, 11) is 0. The van der Waals surface area contributed by atoms with Crippen LogP contribution in [0.5, 0.6) is 0 Å². The van der Waals surface area contributed by atoms with E-state index < -0.39 is 41.8 Å². The number of alkyl carbamates (subject to hydrolysis) is 1. The van der Waals surface area contributed by atoms with Crippen molar-refractivity contribution in [1.29, 1.82) is 0 Å². The molecule has 3 N–H and O–H groups in total. The lowest BCUT2D eigenvalue weighted by molar-refractivity contribution is -0.140. The molecule has 8 heteroatoms. The summed E-state index contributed by atoms with van der Waals surface area (Å²) in [6.07, 6.45) is -1.53.